The van der Waals surface area contributed by atoms with Gasteiger partial charge in [0.15, 0.2) is 0 Å². The van der Waals surface area contributed by atoms with Gasteiger partial charge in [-0.15, -0.1) is 0 Å². The fraction of sp³-hybridized carbons (Fsp3) is 0.167. The van der Waals surface area contributed by atoms with E-state index >= 15 is 0 Å². The zero-order valence-corrected chi connectivity index (χ0v) is 17.2. The molecule has 178 valence electrons. The number of hydrogen-bond acceptors (Lipinski definition) is 4. The molecule has 3 aromatic carbocycles. The third-order valence-corrected chi connectivity index (χ3v) is 4.69. The Balaban J connectivity index is 1.70. The average Bonchev–Trinajstić information content (AvgIpc) is 2.80. The second-order valence-corrected chi connectivity index (χ2v) is 7.13. The van der Waals surface area contributed by atoms with E-state index in [1.807, 2.05) is 0 Å². The number of aldehydes is 1. The van der Waals surface area contributed by atoms with E-state index in [9.17, 15) is 35.9 Å². The number of benzene rings is 3. The predicted octanol–water partition coefficient (Wildman–Crippen LogP) is 6.47. The van der Waals surface area contributed by atoms with Crippen LogP contribution in [0.15, 0.2) is 66.7 Å². The number of carbonyl (C=O) groups is 2. The standard InChI is InChI=1S/C24H16F6O4/c25-23(26,27)18-6-1-15(2-7-18)13-33-21-10-5-17(12-31)11-20(21)22(32)34-14-16-3-8-19(9-4-16)24(28,29)30/h1-12H,13-14H2. The van der Waals surface area contributed by atoms with Crippen molar-refractivity contribution in [3.8, 4) is 5.75 Å². The Bertz CT molecular complexity index is 1150. The summed E-state index contributed by atoms with van der Waals surface area (Å²) < 4.78 is 86.7. The molecular formula is C24H16F6O4. The second kappa shape index (κ2) is 9.98. The van der Waals surface area contributed by atoms with Crippen LogP contribution in [-0.4, -0.2) is 12.3 Å². The van der Waals surface area contributed by atoms with Crippen LogP contribution in [0.3, 0.4) is 0 Å². The number of esters is 1. The van der Waals surface area contributed by atoms with E-state index in [0.717, 1.165) is 24.3 Å². The van der Waals surface area contributed by atoms with Crippen molar-refractivity contribution in [1.82, 2.24) is 0 Å². The molecule has 0 amide bonds. The monoisotopic (exact) mass is 482 g/mol. The van der Waals surface area contributed by atoms with Gasteiger partial charge in [0.1, 0.15) is 30.8 Å². The molecule has 0 saturated heterocycles. The van der Waals surface area contributed by atoms with Gasteiger partial charge in [-0.05, 0) is 53.6 Å². The van der Waals surface area contributed by atoms with Crippen LogP contribution < -0.4 is 4.74 Å². The van der Waals surface area contributed by atoms with E-state index < -0.39 is 29.4 Å². The van der Waals surface area contributed by atoms with E-state index in [-0.39, 0.29) is 30.1 Å². The van der Waals surface area contributed by atoms with Gasteiger partial charge in [0.25, 0.3) is 0 Å². The molecule has 4 nitrogen and oxygen atoms in total. The van der Waals surface area contributed by atoms with E-state index in [1.54, 1.807) is 0 Å². The molecule has 0 heterocycles. The molecule has 0 fully saturated rings. The summed E-state index contributed by atoms with van der Waals surface area (Å²) in [4.78, 5) is 23.7. The number of ether oxygens (including phenoxy) is 2. The Kier molecular flexibility index (Phi) is 7.29. The number of alkyl halides is 6. The first-order chi connectivity index (χ1) is 16.0. The van der Waals surface area contributed by atoms with Crippen molar-refractivity contribution < 1.29 is 45.4 Å². The molecule has 3 aromatic rings. The van der Waals surface area contributed by atoms with Crippen molar-refractivity contribution in [2.24, 2.45) is 0 Å². The molecule has 0 atom stereocenters. The zero-order valence-electron chi connectivity index (χ0n) is 17.2. The summed E-state index contributed by atoms with van der Waals surface area (Å²) in [7, 11) is 0. The number of rotatable bonds is 7. The second-order valence-electron chi connectivity index (χ2n) is 7.13. The van der Waals surface area contributed by atoms with Crippen molar-refractivity contribution in [2.45, 2.75) is 25.6 Å². The van der Waals surface area contributed by atoms with Crippen LogP contribution in [0, 0.1) is 0 Å². The molecule has 0 aromatic heterocycles. The minimum Gasteiger partial charge on any atom is -0.488 e. The first-order valence-corrected chi connectivity index (χ1v) is 9.69. The molecule has 0 N–H and O–H groups in total. The van der Waals surface area contributed by atoms with Crippen molar-refractivity contribution in [2.75, 3.05) is 0 Å². The quantitative estimate of drug-likeness (QED) is 0.220. The van der Waals surface area contributed by atoms with Crippen LogP contribution in [-0.2, 0) is 30.3 Å². The molecule has 0 aliphatic heterocycles. The summed E-state index contributed by atoms with van der Waals surface area (Å²) in [5, 5.41) is 0. The third-order valence-electron chi connectivity index (χ3n) is 4.69. The molecule has 0 spiro atoms. The van der Waals surface area contributed by atoms with Crippen LogP contribution in [0.5, 0.6) is 5.75 Å². The molecule has 3 rings (SSSR count). The predicted molar refractivity (Wildman–Crippen MR) is 108 cm³/mol. The molecule has 0 unspecified atom stereocenters. The summed E-state index contributed by atoms with van der Waals surface area (Å²) in [6.45, 7) is -0.502. The van der Waals surface area contributed by atoms with Crippen LogP contribution in [0.25, 0.3) is 0 Å². The Labute approximate surface area is 189 Å². The Morgan fingerprint density at radius 1 is 0.735 bits per heavy atom. The maximum Gasteiger partial charge on any atom is 0.416 e. The molecule has 0 aliphatic carbocycles. The highest BCUT2D eigenvalue weighted by Gasteiger charge is 2.30. The van der Waals surface area contributed by atoms with Gasteiger partial charge in [-0.2, -0.15) is 26.3 Å². The average molecular weight is 482 g/mol. The van der Waals surface area contributed by atoms with Crippen LogP contribution in [0.1, 0.15) is 43.0 Å². The van der Waals surface area contributed by atoms with E-state index in [4.69, 9.17) is 9.47 Å². The van der Waals surface area contributed by atoms with Gasteiger partial charge >= 0.3 is 18.3 Å². The minimum atomic E-state index is -4.50. The van der Waals surface area contributed by atoms with E-state index in [2.05, 4.69) is 0 Å². The van der Waals surface area contributed by atoms with E-state index in [0.29, 0.717) is 17.4 Å². The van der Waals surface area contributed by atoms with Gasteiger partial charge in [0.05, 0.1) is 11.1 Å². The van der Waals surface area contributed by atoms with Crippen molar-refractivity contribution in [1.29, 1.82) is 0 Å². The minimum absolute atomic E-state index is 0.0166. The van der Waals surface area contributed by atoms with Crippen molar-refractivity contribution >= 4 is 12.3 Å². The lowest BCUT2D eigenvalue weighted by molar-refractivity contribution is -0.138. The maximum absolute atomic E-state index is 12.7. The molecule has 0 saturated carbocycles. The van der Waals surface area contributed by atoms with Crippen LogP contribution >= 0.6 is 0 Å². The van der Waals surface area contributed by atoms with Gasteiger partial charge in [-0.3, -0.25) is 4.79 Å². The maximum atomic E-state index is 12.7. The largest absolute Gasteiger partial charge is 0.488 e. The molecule has 0 radical (unpaired) electrons. The molecule has 10 heteroatoms. The summed E-state index contributed by atoms with van der Waals surface area (Å²) in [5.41, 5.74) is -0.942. The molecule has 0 bridgehead atoms. The Hall–Kier alpha value is -3.82. The lowest BCUT2D eigenvalue weighted by Gasteiger charge is -2.13. The third kappa shape index (κ3) is 6.37. The molecular weight excluding hydrogens is 466 g/mol. The topological polar surface area (TPSA) is 52.6 Å². The number of hydrogen-bond donors (Lipinski definition) is 0. The Morgan fingerprint density at radius 2 is 1.24 bits per heavy atom. The highest BCUT2D eigenvalue weighted by Crippen LogP contribution is 2.30. The van der Waals surface area contributed by atoms with Gasteiger partial charge in [0, 0.05) is 5.56 Å². The fourth-order valence-corrected chi connectivity index (χ4v) is 2.87. The summed E-state index contributed by atoms with van der Waals surface area (Å²) in [5.74, 6) is -0.881. The summed E-state index contributed by atoms with van der Waals surface area (Å²) >= 11 is 0. The summed E-state index contributed by atoms with van der Waals surface area (Å²) in [6.07, 6.45) is -8.48. The van der Waals surface area contributed by atoms with E-state index in [1.165, 1.54) is 42.5 Å². The lowest BCUT2D eigenvalue weighted by Crippen LogP contribution is -2.10. The fourth-order valence-electron chi connectivity index (χ4n) is 2.87. The van der Waals surface area contributed by atoms with Crippen LogP contribution in [0.4, 0.5) is 26.3 Å². The number of halogens is 6. The van der Waals surface area contributed by atoms with Gasteiger partial charge in [-0.25, -0.2) is 4.79 Å². The first kappa shape index (κ1) is 24.8. The van der Waals surface area contributed by atoms with Gasteiger partial charge < -0.3 is 9.47 Å². The van der Waals surface area contributed by atoms with Crippen molar-refractivity contribution in [3.63, 3.8) is 0 Å². The molecule has 0 aliphatic rings. The van der Waals surface area contributed by atoms with Gasteiger partial charge in [-0.1, -0.05) is 24.3 Å². The van der Waals surface area contributed by atoms with Crippen LogP contribution in [0.2, 0.25) is 0 Å². The Morgan fingerprint density at radius 3 is 1.71 bits per heavy atom. The highest BCUT2D eigenvalue weighted by molar-refractivity contribution is 5.94. The molecule has 34 heavy (non-hydrogen) atoms. The normalized spacial score (nSPS) is 11.7. The smallest absolute Gasteiger partial charge is 0.416 e. The number of carbonyl (C=O) groups excluding carboxylic acids is 2. The van der Waals surface area contributed by atoms with Crippen molar-refractivity contribution in [3.05, 3.63) is 100 Å². The SMILES string of the molecule is O=Cc1ccc(OCc2ccc(C(F)(F)F)cc2)c(C(=O)OCc2ccc(C(F)(F)F)cc2)c1. The zero-order chi connectivity index (χ0) is 24.9. The van der Waals surface area contributed by atoms with Gasteiger partial charge in [0.2, 0.25) is 0 Å². The first-order valence-electron chi connectivity index (χ1n) is 9.69. The highest BCUT2D eigenvalue weighted by atomic mass is 19.4. The summed E-state index contributed by atoms with van der Waals surface area (Å²) in [6, 6.07) is 12.2. The lowest BCUT2D eigenvalue weighted by atomic mass is 10.1.